The molecule has 1 heterocycles. The molecule has 186 valence electrons. The van der Waals surface area contributed by atoms with Gasteiger partial charge in [0.05, 0.1) is 11.1 Å². The van der Waals surface area contributed by atoms with Gasteiger partial charge < -0.3 is 19.3 Å². The van der Waals surface area contributed by atoms with E-state index in [-0.39, 0.29) is 5.75 Å². The predicted octanol–water partition coefficient (Wildman–Crippen LogP) is 6.13. The quantitative estimate of drug-likeness (QED) is 0.304. The summed E-state index contributed by atoms with van der Waals surface area (Å²) in [5.74, 6) is 13.0. The van der Waals surface area contributed by atoms with Crippen molar-refractivity contribution in [3.8, 4) is 40.9 Å². The average Bonchev–Trinajstić information content (AvgIpc) is 3.36. The third-order valence-electron chi connectivity index (χ3n) is 6.09. The Labute approximate surface area is 223 Å². The number of hydrogen-bond acceptors (Lipinski definition) is 5. The number of para-hydroxylation sites is 2. The van der Waals surface area contributed by atoms with E-state index in [0.717, 1.165) is 22.5 Å². The van der Waals surface area contributed by atoms with E-state index >= 15 is 0 Å². The zero-order valence-electron chi connectivity index (χ0n) is 21.8. The van der Waals surface area contributed by atoms with E-state index in [9.17, 15) is 5.11 Å². The summed E-state index contributed by atoms with van der Waals surface area (Å²) in [7, 11) is 8.00. The molecule has 0 amide bonds. The molecule has 1 aromatic heterocycles. The zero-order valence-corrected chi connectivity index (χ0v) is 21.8. The second-order valence-corrected chi connectivity index (χ2v) is 9.29. The molecule has 0 radical (unpaired) electrons. The summed E-state index contributed by atoms with van der Waals surface area (Å²) in [5.41, 5.74) is 6.89. The maximum atomic E-state index is 11.2. The first-order valence-corrected chi connectivity index (χ1v) is 12.2. The van der Waals surface area contributed by atoms with Gasteiger partial charge in [-0.1, -0.05) is 35.8 Å². The van der Waals surface area contributed by atoms with Crippen molar-refractivity contribution in [2.75, 3.05) is 38.0 Å². The first kappa shape index (κ1) is 24.6. The molecule has 0 fully saturated rings. The van der Waals surface area contributed by atoms with E-state index in [4.69, 9.17) is 4.42 Å². The highest BCUT2D eigenvalue weighted by Crippen LogP contribution is 2.34. The second kappa shape index (κ2) is 10.5. The summed E-state index contributed by atoms with van der Waals surface area (Å²) in [6.07, 6.45) is 0. The molecule has 0 atom stereocenters. The highest BCUT2D eigenvalue weighted by Gasteiger charge is 2.16. The number of phenols is 1. The van der Waals surface area contributed by atoms with Crippen molar-refractivity contribution in [1.82, 2.24) is 4.98 Å². The third kappa shape index (κ3) is 5.33. The van der Waals surface area contributed by atoms with Crippen molar-refractivity contribution in [3.05, 3.63) is 107 Å². The number of phenolic OH excluding ortho intramolecular Hbond substituents is 1. The van der Waals surface area contributed by atoms with Crippen LogP contribution < -0.4 is 9.80 Å². The third-order valence-corrected chi connectivity index (χ3v) is 6.09. The Morgan fingerprint density at radius 3 is 1.79 bits per heavy atom. The van der Waals surface area contributed by atoms with Crippen LogP contribution in [-0.4, -0.2) is 38.3 Å². The fourth-order valence-electron chi connectivity index (χ4n) is 3.92. The Hall–Kier alpha value is -5.13. The number of anilines is 2. The molecule has 0 spiro atoms. The molecule has 5 rings (SSSR count). The van der Waals surface area contributed by atoms with Gasteiger partial charge in [0.1, 0.15) is 11.3 Å². The molecule has 5 nitrogen and oxygen atoms in total. The molecule has 0 aliphatic carbocycles. The first-order chi connectivity index (χ1) is 18.4. The van der Waals surface area contributed by atoms with Crippen LogP contribution >= 0.6 is 0 Å². The van der Waals surface area contributed by atoms with Gasteiger partial charge in [-0.3, -0.25) is 0 Å². The summed E-state index contributed by atoms with van der Waals surface area (Å²) in [5, 5.41) is 11.2. The van der Waals surface area contributed by atoms with E-state index in [1.165, 1.54) is 0 Å². The molecule has 0 aliphatic heterocycles. The minimum atomic E-state index is 0.00912. The number of oxazole rings is 1. The van der Waals surface area contributed by atoms with Gasteiger partial charge in [-0.25, -0.2) is 4.98 Å². The lowest BCUT2D eigenvalue weighted by atomic mass is 10.0. The van der Waals surface area contributed by atoms with Crippen LogP contribution in [0.15, 0.2) is 89.3 Å². The first-order valence-electron chi connectivity index (χ1n) is 12.2. The summed E-state index contributed by atoms with van der Waals surface area (Å²) in [4.78, 5) is 8.66. The molecule has 0 bridgehead atoms. The lowest BCUT2D eigenvalue weighted by molar-refractivity contribution is 0.472. The lowest BCUT2D eigenvalue weighted by Crippen LogP contribution is -2.07. The van der Waals surface area contributed by atoms with Gasteiger partial charge in [-0.15, -0.1) is 0 Å². The van der Waals surface area contributed by atoms with Gasteiger partial charge in [0.15, 0.2) is 5.58 Å². The van der Waals surface area contributed by atoms with E-state index < -0.39 is 0 Å². The van der Waals surface area contributed by atoms with Crippen LogP contribution in [0.3, 0.4) is 0 Å². The summed E-state index contributed by atoms with van der Waals surface area (Å²) >= 11 is 0. The summed E-state index contributed by atoms with van der Waals surface area (Å²) in [6, 6.07) is 27.1. The molecule has 0 saturated carbocycles. The minimum Gasteiger partial charge on any atom is -0.506 e. The van der Waals surface area contributed by atoms with Crippen LogP contribution in [0.4, 0.5) is 11.4 Å². The Balaban J connectivity index is 1.57. The van der Waals surface area contributed by atoms with Crippen LogP contribution in [0.2, 0.25) is 0 Å². The van der Waals surface area contributed by atoms with Crippen LogP contribution in [0.5, 0.6) is 5.75 Å². The number of aromatic nitrogens is 1. The van der Waals surface area contributed by atoms with Crippen molar-refractivity contribution in [2.45, 2.75) is 0 Å². The van der Waals surface area contributed by atoms with Gasteiger partial charge in [-0.2, -0.15) is 0 Å². The topological polar surface area (TPSA) is 52.7 Å². The largest absolute Gasteiger partial charge is 0.506 e. The van der Waals surface area contributed by atoms with Crippen molar-refractivity contribution < 1.29 is 9.52 Å². The fraction of sp³-hybridized carbons (Fsp3) is 0.121. The Kier molecular flexibility index (Phi) is 6.76. The smallest absolute Gasteiger partial charge is 0.231 e. The summed E-state index contributed by atoms with van der Waals surface area (Å²) in [6.45, 7) is 0. The number of nitrogens with zero attached hydrogens (tertiary/aromatic N) is 3. The molecular formula is C33H27N3O2. The maximum absolute atomic E-state index is 11.2. The van der Waals surface area contributed by atoms with Gasteiger partial charge in [0.2, 0.25) is 5.89 Å². The number of fused-ring (bicyclic) bond motifs is 1. The van der Waals surface area contributed by atoms with Crippen LogP contribution in [0, 0.1) is 23.7 Å². The molecule has 5 heteroatoms. The molecule has 0 aliphatic rings. The molecule has 5 aromatic rings. The lowest BCUT2D eigenvalue weighted by Gasteiger charge is -2.11. The van der Waals surface area contributed by atoms with E-state index in [1.807, 2.05) is 111 Å². The Bertz CT molecular complexity index is 1690. The number of aromatic hydroxyl groups is 1. The van der Waals surface area contributed by atoms with Gasteiger partial charge >= 0.3 is 0 Å². The summed E-state index contributed by atoms with van der Waals surface area (Å²) < 4.78 is 5.96. The molecule has 38 heavy (non-hydrogen) atoms. The van der Waals surface area contributed by atoms with Crippen LogP contribution in [0.1, 0.15) is 22.3 Å². The van der Waals surface area contributed by atoms with Crippen molar-refractivity contribution >= 4 is 22.5 Å². The highest BCUT2D eigenvalue weighted by molar-refractivity contribution is 5.79. The monoisotopic (exact) mass is 497 g/mol. The SMILES string of the molecule is CN(C)c1ccc(C#Cc2cc(C#Cc3ccc(N(C)C)cc3)c(O)c(-c3nc4ccccc4o3)c2)cc1. The van der Waals surface area contributed by atoms with Crippen molar-refractivity contribution in [3.63, 3.8) is 0 Å². The average molecular weight is 498 g/mol. The van der Waals surface area contributed by atoms with Crippen LogP contribution in [-0.2, 0) is 0 Å². The maximum Gasteiger partial charge on any atom is 0.231 e. The molecular weight excluding hydrogens is 470 g/mol. The molecule has 0 unspecified atom stereocenters. The zero-order chi connectivity index (χ0) is 26.6. The van der Waals surface area contributed by atoms with Gasteiger partial charge in [0.25, 0.3) is 0 Å². The minimum absolute atomic E-state index is 0.00912. The molecule has 1 N–H and O–H groups in total. The molecule has 4 aromatic carbocycles. The van der Waals surface area contributed by atoms with Crippen molar-refractivity contribution in [2.24, 2.45) is 0 Å². The number of hydrogen-bond donors (Lipinski definition) is 1. The number of benzene rings is 4. The number of rotatable bonds is 3. The fourth-order valence-corrected chi connectivity index (χ4v) is 3.92. The Morgan fingerprint density at radius 1 is 0.658 bits per heavy atom. The van der Waals surface area contributed by atoms with E-state index in [2.05, 4.69) is 28.7 Å². The van der Waals surface area contributed by atoms with E-state index in [0.29, 0.717) is 33.7 Å². The van der Waals surface area contributed by atoms with E-state index in [1.54, 1.807) is 12.1 Å². The predicted molar refractivity (Wildman–Crippen MR) is 155 cm³/mol. The van der Waals surface area contributed by atoms with Gasteiger partial charge in [0, 0.05) is 56.3 Å². The van der Waals surface area contributed by atoms with Crippen LogP contribution in [0.25, 0.3) is 22.6 Å². The highest BCUT2D eigenvalue weighted by atomic mass is 16.3. The second-order valence-electron chi connectivity index (χ2n) is 9.29. The standard InChI is InChI=1S/C33H27N3O2/c1-35(2)27-17-12-23(13-18-27)9-10-25-21-26(16-11-24-14-19-28(20-15-24)36(3)4)32(37)29(22-25)33-34-30-7-5-6-8-31(30)38-33/h5-8,12-15,17-22,37H,1-4H3. The molecule has 0 saturated heterocycles. The van der Waals surface area contributed by atoms with Gasteiger partial charge in [-0.05, 0) is 72.8 Å². The van der Waals surface area contributed by atoms with Crippen molar-refractivity contribution in [1.29, 1.82) is 0 Å². The Morgan fingerprint density at radius 2 is 1.21 bits per heavy atom. The normalized spacial score (nSPS) is 10.3.